The molecule has 1 nitrogen and oxygen atoms in total. The van der Waals surface area contributed by atoms with Crippen molar-refractivity contribution in [3.8, 4) is 0 Å². The van der Waals surface area contributed by atoms with Crippen LogP contribution in [0.3, 0.4) is 0 Å². The summed E-state index contributed by atoms with van der Waals surface area (Å²) in [6, 6.07) is 8.91. The minimum atomic E-state index is -0.270. The molecule has 104 valence electrons. The van der Waals surface area contributed by atoms with Gasteiger partial charge in [-0.2, -0.15) is 0 Å². The van der Waals surface area contributed by atoms with Crippen LogP contribution in [0.15, 0.2) is 35.9 Å². The number of hydrogen-bond donors (Lipinski definition) is 1. The lowest BCUT2D eigenvalue weighted by atomic mass is 9.75. The highest BCUT2D eigenvalue weighted by molar-refractivity contribution is 5.29. The fourth-order valence-electron chi connectivity index (χ4n) is 3.05. The van der Waals surface area contributed by atoms with Gasteiger partial charge in [-0.1, -0.05) is 63.6 Å². The maximum Gasteiger partial charge on any atom is 0.0728 e. The summed E-state index contributed by atoms with van der Waals surface area (Å²) in [5.41, 5.74) is 4.34. The Hall–Kier alpha value is -1.08. The third kappa shape index (κ3) is 3.94. The lowest BCUT2D eigenvalue weighted by molar-refractivity contribution is 0.138. The number of aliphatic hydroxyl groups is 1. The van der Waals surface area contributed by atoms with Crippen LogP contribution in [0, 0.1) is 5.41 Å². The highest BCUT2D eigenvalue weighted by atomic mass is 16.3. The average molecular weight is 258 g/mol. The quantitative estimate of drug-likeness (QED) is 0.794. The second-order valence-electron chi connectivity index (χ2n) is 7.01. The molecule has 0 radical (unpaired) electrons. The van der Waals surface area contributed by atoms with Gasteiger partial charge in [-0.15, -0.1) is 0 Å². The topological polar surface area (TPSA) is 20.2 Å². The van der Waals surface area contributed by atoms with E-state index in [9.17, 15) is 5.11 Å². The van der Waals surface area contributed by atoms with Crippen LogP contribution in [0.2, 0.25) is 0 Å². The predicted molar refractivity (Wildman–Crippen MR) is 81.3 cm³/mol. The van der Waals surface area contributed by atoms with Crippen molar-refractivity contribution in [2.45, 2.75) is 59.0 Å². The molecule has 1 aliphatic carbocycles. The number of hydrogen-bond acceptors (Lipinski definition) is 1. The van der Waals surface area contributed by atoms with Crippen molar-refractivity contribution in [3.63, 3.8) is 0 Å². The summed E-state index contributed by atoms with van der Waals surface area (Å²) in [5, 5.41) is 9.93. The molecule has 0 aliphatic heterocycles. The summed E-state index contributed by atoms with van der Waals surface area (Å²) in [7, 11) is 0. The largest absolute Gasteiger partial charge is 0.389 e. The second kappa shape index (κ2) is 5.50. The monoisotopic (exact) mass is 258 g/mol. The molecule has 0 heterocycles. The maximum atomic E-state index is 9.93. The second-order valence-corrected chi connectivity index (χ2v) is 7.01. The molecule has 2 rings (SSSR count). The van der Waals surface area contributed by atoms with Crippen LogP contribution < -0.4 is 0 Å². The SMILES string of the molecule is CC(C)c1ccc(CC2=CC(O)CC(C)(C)C2)cc1. The normalized spacial score (nSPS) is 22.4. The third-order valence-electron chi connectivity index (χ3n) is 3.97. The molecule has 1 unspecified atom stereocenters. The van der Waals surface area contributed by atoms with Crippen molar-refractivity contribution < 1.29 is 5.11 Å². The molecule has 0 aromatic heterocycles. The molecular formula is C18H26O. The summed E-state index contributed by atoms with van der Waals surface area (Å²) >= 11 is 0. The van der Waals surface area contributed by atoms with E-state index in [4.69, 9.17) is 0 Å². The smallest absolute Gasteiger partial charge is 0.0728 e. The molecule has 1 aliphatic rings. The molecule has 1 N–H and O–H groups in total. The van der Waals surface area contributed by atoms with E-state index in [-0.39, 0.29) is 11.5 Å². The van der Waals surface area contributed by atoms with Gasteiger partial charge in [0.2, 0.25) is 0 Å². The molecule has 1 heteroatoms. The van der Waals surface area contributed by atoms with Gasteiger partial charge >= 0.3 is 0 Å². The third-order valence-corrected chi connectivity index (χ3v) is 3.97. The summed E-state index contributed by atoms with van der Waals surface area (Å²) < 4.78 is 0. The van der Waals surface area contributed by atoms with Crippen molar-refractivity contribution in [1.82, 2.24) is 0 Å². The first-order chi connectivity index (χ1) is 8.85. The highest BCUT2D eigenvalue weighted by Crippen LogP contribution is 2.36. The Morgan fingerprint density at radius 2 is 1.84 bits per heavy atom. The van der Waals surface area contributed by atoms with Crippen LogP contribution in [-0.4, -0.2) is 11.2 Å². The Bertz CT molecular complexity index is 451. The molecule has 0 spiro atoms. The molecule has 0 amide bonds. The van der Waals surface area contributed by atoms with E-state index in [2.05, 4.69) is 58.0 Å². The lowest BCUT2D eigenvalue weighted by Gasteiger charge is -2.32. The molecular weight excluding hydrogens is 232 g/mol. The molecule has 0 bridgehead atoms. The molecule has 0 saturated heterocycles. The van der Waals surface area contributed by atoms with E-state index in [1.165, 1.54) is 16.7 Å². The van der Waals surface area contributed by atoms with Crippen molar-refractivity contribution in [2.24, 2.45) is 5.41 Å². The first-order valence-electron chi connectivity index (χ1n) is 7.32. The van der Waals surface area contributed by atoms with Crippen molar-refractivity contribution in [3.05, 3.63) is 47.0 Å². The zero-order chi connectivity index (χ0) is 14.0. The Morgan fingerprint density at radius 1 is 1.21 bits per heavy atom. The fourth-order valence-corrected chi connectivity index (χ4v) is 3.05. The van der Waals surface area contributed by atoms with Crippen LogP contribution in [0.4, 0.5) is 0 Å². The van der Waals surface area contributed by atoms with Gasteiger partial charge in [0.05, 0.1) is 6.10 Å². The van der Waals surface area contributed by atoms with Gasteiger partial charge in [0, 0.05) is 0 Å². The van der Waals surface area contributed by atoms with E-state index in [1.807, 2.05) is 0 Å². The van der Waals surface area contributed by atoms with Crippen LogP contribution in [0.25, 0.3) is 0 Å². The fraction of sp³-hybridized carbons (Fsp3) is 0.556. The van der Waals surface area contributed by atoms with E-state index in [0.29, 0.717) is 5.92 Å². The molecule has 19 heavy (non-hydrogen) atoms. The van der Waals surface area contributed by atoms with Gasteiger partial charge in [-0.05, 0) is 41.7 Å². The molecule has 0 fully saturated rings. The minimum absolute atomic E-state index is 0.224. The minimum Gasteiger partial charge on any atom is -0.389 e. The van der Waals surface area contributed by atoms with Gasteiger partial charge in [-0.3, -0.25) is 0 Å². The van der Waals surface area contributed by atoms with Crippen LogP contribution in [-0.2, 0) is 6.42 Å². The zero-order valence-electron chi connectivity index (χ0n) is 12.6. The number of benzene rings is 1. The van der Waals surface area contributed by atoms with Crippen molar-refractivity contribution >= 4 is 0 Å². The van der Waals surface area contributed by atoms with E-state index in [0.717, 1.165) is 19.3 Å². The summed E-state index contributed by atoms with van der Waals surface area (Å²) in [5.74, 6) is 0.587. The van der Waals surface area contributed by atoms with Gasteiger partial charge in [0.25, 0.3) is 0 Å². The Kier molecular flexibility index (Phi) is 4.15. The molecule has 1 aromatic carbocycles. The average Bonchev–Trinajstić information content (AvgIpc) is 2.26. The summed E-state index contributed by atoms with van der Waals surface area (Å²) in [4.78, 5) is 0. The van der Waals surface area contributed by atoms with Crippen LogP contribution in [0.5, 0.6) is 0 Å². The summed E-state index contributed by atoms with van der Waals surface area (Å²) in [6.45, 7) is 8.92. The van der Waals surface area contributed by atoms with Crippen molar-refractivity contribution in [2.75, 3.05) is 0 Å². The van der Waals surface area contributed by atoms with Crippen molar-refractivity contribution in [1.29, 1.82) is 0 Å². The Balaban J connectivity index is 2.08. The lowest BCUT2D eigenvalue weighted by Crippen LogP contribution is -2.25. The molecule has 1 atom stereocenters. The van der Waals surface area contributed by atoms with E-state index in [1.54, 1.807) is 0 Å². The number of allylic oxidation sites excluding steroid dienone is 1. The van der Waals surface area contributed by atoms with E-state index >= 15 is 0 Å². The maximum absolute atomic E-state index is 9.93. The van der Waals surface area contributed by atoms with Crippen LogP contribution >= 0.6 is 0 Å². The first-order valence-corrected chi connectivity index (χ1v) is 7.32. The number of aliphatic hydroxyl groups excluding tert-OH is 1. The van der Waals surface area contributed by atoms with Gasteiger partial charge < -0.3 is 5.11 Å². The standard InChI is InChI=1S/C18H26O/c1-13(2)16-7-5-14(6-8-16)9-15-10-17(19)12-18(3,4)11-15/h5-8,10,13,17,19H,9,11-12H2,1-4H3. The Labute approximate surface area is 117 Å². The molecule has 1 aromatic rings. The highest BCUT2D eigenvalue weighted by Gasteiger charge is 2.27. The summed E-state index contributed by atoms with van der Waals surface area (Å²) in [6.07, 6.45) is 4.73. The Morgan fingerprint density at radius 3 is 2.37 bits per heavy atom. The van der Waals surface area contributed by atoms with E-state index < -0.39 is 0 Å². The predicted octanol–water partition coefficient (Wildman–Crippen LogP) is 4.46. The van der Waals surface area contributed by atoms with Gasteiger partial charge in [0.15, 0.2) is 0 Å². The molecule has 0 saturated carbocycles. The first kappa shape index (κ1) is 14.3. The zero-order valence-corrected chi connectivity index (χ0v) is 12.6. The van der Waals surface area contributed by atoms with Gasteiger partial charge in [0.1, 0.15) is 0 Å². The van der Waals surface area contributed by atoms with Crippen LogP contribution in [0.1, 0.15) is 57.6 Å². The van der Waals surface area contributed by atoms with Gasteiger partial charge in [-0.25, -0.2) is 0 Å². The number of rotatable bonds is 3.